The first-order valence-corrected chi connectivity index (χ1v) is 5.42. The first-order chi connectivity index (χ1) is 8.58. The van der Waals surface area contributed by atoms with Crippen molar-refractivity contribution < 1.29 is 9.18 Å². The second kappa shape index (κ2) is 5.01. The Labute approximate surface area is 108 Å². The number of benzene rings is 1. The summed E-state index contributed by atoms with van der Waals surface area (Å²) >= 11 is 5.61. The Bertz CT molecular complexity index is 604. The molecule has 0 saturated carbocycles. The number of nitrogen functional groups attached to an aromatic ring is 1. The van der Waals surface area contributed by atoms with E-state index in [1.807, 2.05) is 0 Å². The standard InChI is InChI=1S/C12H9ClFN3O/c13-7-3-4-10(9(14)6-7)17-12(18)8-2-1-5-16-11(8)15/h1-6H,(H2,15,16)(H,17,18). The average molecular weight is 266 g/mol. The van der Waals surface area contributed by atoms with Crippen molar-refractivity contribution in [2.45, 2.75) is 0 Å². The molecule has 3 N–H and O–H groups in total. The van der Waals surface area contributed by atoms with Gasteiger partial charge in [0, 0.05) is 11.2 Å². The lowest BCUT2D eigenvalue weighted by molar-refractivity contribution is 0.102. The van der Waals surface area contributed by atoms with Crippen LogP contribution in [0, 0.1) is 5.82 Å². The van der Waals surface area contributed by atoms with Crippen molar-refractivity contribution in [2.75, 3.05) is 11.1 Å². The van der Waals surface area contributed by atoms with Gasteiger partial charge in [-0.1, -0.05) is 11.6 Å². The van der Waals surface area contributed by atoms with Gasteiger partial charge in [-0.05, 0) is 30.3 Å². The van der Waals surface area contributed by atoms with Crippen LogP contribution in [-0.2, 0) is 0 Å². The summed E-state index contributed by atoms with van der Waals surface area (Å²) in [6.45, 7) is 0. The number of nitrogens with zero attached hydrogens (tertiary/aromatic N) is 1. The molecule has 2 rings (SSSR count). The molecule has 0 unspecified atom stereocenters. The van der Waals surface area contributed by atoms with Gasteiger partial charge in [-0.25, -0.2) is 9.37 Å². The number of amides is 1. The number of carbonyl (C=O) groups excluding carboxylic acids is 1. The summed E-state index contributed by atoms with van der Waals surface area (Å²) in [5, 5.41) is 2.66. The minimum atomic E-state index is -0.613. The molecule has 0 saturated heterocycles. The fourth-order valence-corrected chi connectivity index (χ4v) is 1.55. The van der Waals surface area contributed by atoms with Gasteiger partial charge in [0.05, 0.1) is 11.3 Å². The van der Waals surface area contributed by atoms with Gasteiger partial charge >= 0.3 is 0 Å². The van der Waals surface area contributed by atoms with Crippen LogP contribution in [0.2, 0.25) is 5.02 Å². The van der Waals surface area contributed by atoms with Crippen molar-refractivity contribution in [3.8, 4) is 0 Å². The molecule has 1 heterocycles. The van der Waals surface area contributed by atoms with E-state index in [1.165, 1.54) is 24.4 Å². The van der Waals surface area contributed by atoms with E-state index in [0.717, 1.165) is 6.07 Å². The Kier molecular flexibility index (Phi) is 3.43. The molecule has 1 aromatic heterocycles. The lowest BCUT2D eigenvalue weighted by atomic mass is 10.2. The van der Waals surface area contributed by atoms with Crippen molar-refractivity contribution in [3.63, 3.8) is 0 Å². The van der Waals surface area contributed by atoms with E-state index < -0.39 is 11.7 Å². The quantitative estimate of drug-likeness (QED) is 0.877. The zero-order valence-corrected chi connectivity index (χ0v) is 9.91. The molecular weight excluding hydrogens is 257 g/mol. The van der Waals surface area contributed by atoms with Crippen LogP contribution in [0.5, 0.6) is 0 Å². The van der Waals surface area contributed by atoms with Crippen LogP contribution in [0.3, 0.4) is 0 Å². The predicted octanol–water partition coefficient (Wildman–Crippen LogP) is 2.71. The minimum absolute atomic E-state index is 0.0349. The first-order valence-electron chi connectivity index (χ1n) is 5.05. The normalized spacial score (nSPS) is 10.1. The Morgan fingerprint density at radius 1 is 1.39 bits per heavy atom. The van der Waals surface area contributed by atoms with E-state index in [1.54, 1.807) is 6.07 Å². The van der Waals surface area contributed by atoms with E-state index in [9.17, 15) is 9.18 Å². The molecule has 4 nitrogen and oxygen atoms in total. The number of nitrogens with one attached hydrogen (secondary N) is 1. The Balaban J connectivity index is 2.24. The SMILES string of the molecule is Nc1ncccc1C(=O)Nc1ccc(Cl)cc1F. The number of rotatable bonds is 2. The molecule has 1 amide bonds. The van der Waals surface area contributed by atoms with E-state index in [0.29, 0.717) is 0 Å². The van der Waals surface area contributed by atoms with Crippen molar-refractivity contribution in [2.24, 2.45) is 0 Å². The summed E-state index contributed by atoms with van der Waals surface area (Å²) in [5.41, 5.74) is 5.77. The van der Waals surface area contributed by atoms with Crippen LogP contribution < -0.4 is 11.1 Å². The van der Waals surface area contributed by atoms with Crippen LogP contribution in [0.25, 0.3) is 0 Å². The lowest BCUT2D eigenvalue weighted by Crippen LogP contribution is -2.15. The van der Waals surface area contributed by atoms with E-state index in [2.05, 4.69) is 10.3 Å². The van der Waals surface area contributed by atoms with Crippen LogP contribution >= 0.6 is 11.6 Å². The average Bonchev–Trinajstić information content (AvgIpc) is 2.33. The highest BCUT2D eigenvalue weighted by Gasteiger charge is 2.12. The summed E-state index contributed by atoms with van der Waals surface area (Å²) in [6.07, 6.45) is 1.47. The number of pyridine rings is 1. The van der Waals surface area contributed by atoms with Gasteiger partial charge in [-0.3, -0.25) is 4.79 Å². The highest BCUT2D eigenvalue weighted by atomic mass is 35.5. The third-order valence-electron chi connectivity index (χ3n) is 2.26. The number of halogens is 2. The second-order valence-corrected chi connectivity index (χ2v) is 3.95. The highest BCUT2D eigenvalue weighted by Crippen LogP contribution is 2.20. The van der Waals surface area contributed by atoms with Gasteiger partial charge in [0.25, 0.3) is 5.91 Å². The Morgan fingerprint density at radius 3 is 2.83 bits per heavy atom. The van der Waals surface area contributed by atoms with Gasteiger partial charge in [0.1, 0.15) is 11.6 Å². The molecule has 0 aliphatic heterocycles. The molecule has 0 spiro atoms. The second-order valence-electron chi connectivity index (χ2n) is 3.51. The third kappa shape index (κ3) is 2.57. The smallest absolute Gasteiger partial charge is 0.259 e. The van der Waals surface area contributed by atoms with Gasteiger partial charge in [-0.2, -0.15) is 0 Å². The number of anilines is 2. The van der Waals surface area contributed by atoms with E-state index >= 15 is 0 Å². The zero-order chi connectivity index (χ0) is 13.1. The maximum atomic E-state index is 13.5. The largest absolute Gasteiger partial charge is 0.383 e. The van der Waals surface area contributed by atoms with Crippen molar-refractivity contribution in [1.29, 1.82) is 0 Å². The van der Waals surface area contributed by atoms with Gasteiger partial charge < -0.3 is 11.1 Å². The zero-order valence-electron chi connectivity index (χ0n) is 9.15. The fraction of sp³-hybridized carbons (Fsp3) is 0. The molecule has 0 bridgehead atoms. The molecule has 0 aliphatic carbocycles. The van der Waals surface area contributed by atoms with Crippen molar-refractivity contribution >= 4 is 29.0 Å². The summed E-state index contributed by atoms with van der Waals surface area (Å²) in [4.78, 5) is 15.6. The molecule has 6 heteroatoms. The van der Waals surface area contributed by atoms with E-state index in [4.69, 9.17) is 17.3 Å². The summed E-state index contributed by atoms with van der Waals surface area (Å²) < 4.78 is 13.5. The van der Waals surface area contributed by atoms with Gasteiger partial charge in [0.15, 0.2) is 0 Å². The first kappa shape index (κ1) is 12.3. The Morgan fingerprint density at radius 2 is 2.17 bits per heavy atom. The molecule has 0 radical (unpaired) electrons. The summed E-state index contributed by atoms with van der Waals surface area (Å²) in [7, 11) is 0. The maximum Gasteiger partial charge on any atom is 0.259 e. The predicted molar refractivity (Wildman–Crippen MR) is 68.0 cm³/mol. The number of nitrogens with two attached hydrogens (primary N) is 1. The summed E-state index contributed by atoms with van der Waals surface area (Å²) in [5.74, 6) is -1.05. The number of carbonyl (C=O) groups is 1. The maximum absolute atomic E-state index is 13.5. The number of hydrogen-bond donors (Lipinski definition) is 2. The highest BCUT2D eigenvalue weighted by molar-refractivity contribution is 6.30. The fourth-order valence-electron chi connectivity index (χ4n) is 1.39. The third-order valence-corrected chi connectivity index (χ3v) is 2.50. The molecule has 0 aliphatic rings. The molecular formula is C12H9ClFN3O. The van der Waals surface area contributed by atoms with Crippen LogP contribution in [-0.4, -0.2) is 10.9 Å². The van der Waals surface area contributed by atoms with Gasteiger partial charge in [-0.15, -0.1) is 0 Å². The topological polar surface area (TPSA) is 68.0 Å². The van der Waals surface area contributed by atoms with Crippen LogP contribution in [0.1, 0.15) is 10.4 Å². The number of aromatic nitrogens is 1. The monoisotopic (exact) mass is 265 g/mol. The molecule has 1 aromatic carbocycles. The van der Waals surface area contributed by atoms with E-state index in [-0.39, 0.29) is 22.1 Å². The molecule has 0 fully saturated rings. The Hall–Kier alpha value is -2.14. The van der Waals surface area contributed by atoms with Crippen molar-refractivity contribution in [3.05, 3.63) is 52.9 Å². The van der Waals surface area contributed by atoms with Gasteiger partial charge in [0.2, 0.25) is 0 Å². The molecule has 2 aromatic rings. The molecule has 0 atom stereocenters. The molecule has 18 heavy (non-hydrogen) atoms. The van der Waals surface area contributed by atoms with Crippen LogP contribution in [0.4, 0.5) is 15.9 Å². The minimum Gasteiger partial charge on any atom is -0.383 e. The van der Waals surface area contributed by atoms with Crippen molar-refractivity contribution in [1.82, 2.24) is 4.98 Å². The number of hydrogen-bond acceptors (Lipinski definition) is 3. The lowest BCUT2D eigenvalue weighted by Gasteiger charge is -2.07. The molecule has 92 valence electrons. The van der Waals surface area contributed by atoms with Crippen LogP contribution in [0.15, 0.2) is 36.5 Å². The summed E-state index contributed by atoms with van der Waals surface area (Å²) in [6, 6.07) is 7.05.